The number of halogens is 3. The Morgan fingerprint density at radius 3 is 2.56 bits per heavy atom. The largest absolute Gasteiger partial charge is 0.497 e. The number of aromatic nitrogens is 2. The Hall–Kier alpha value is -4.21. The molecule has 1 aliphatic rings. The molecule has 0 radical (unpaired) electrons. The van der Waals surface area contributed by atoms with E-state index in [4.69, 9.17) is 9.47 Å². The van der Waals surface area contributed by atoms with Gasteiger partial charge in [0, 0.05) is 35.3 Å². The fourth-order valence-corrected chi connectivity index (χ4v) is 4.33. The van der Waals surface area contributed by atoms with Crippen LogP contribution in [0.2, 0.25) is 0 Å². The molecule has 10 heteroatoms. The SMILES string of the molecule is COc1cccc(Oc2cc(NCCC(F)(F)F)c3ncc(-c4ccc(C(=O)NC5(C)CC5)c(C)c4)n3c2)c1. The van der Waals surface area contributed by atoms with Crippen molar-refractivity contribution in [3.63, 3.8) is 0 Å². The van der Waals surface area contributed by atoms with Gasteiger partial charge in [-0.15, -0.1) is 0 Å². The van der Waals surface area contributed by atoms with Crippen molar-refractivity contribution >= 4 is 17.2 Å². The van der Waals surface area contributed by atoms with Crippen LogP contribution in [0.1, 0.15) is 42.1 Å². The molecule has 0 spiro atoms. The lowest BCUT2D eigenvalue weighted by atomic mass is 10.0. The van der Waals surface area contributed by atoms with Gasteiger partial charge >= 0.3 is 6.18 Å². The highest BCUT2D eigenvalue weighted by molar-refractivity contribution is 5.97. The van der Waals surface area contributed by atoms with Gasteiger partial charge in [-0.1, -0.05) is 12.1 Å². The van der Waals surface area contributed by atoms with E-state index in [0.717, 1.165) is 24.0 Å². The van der Waals surface area contributed by atoms with Gasteiger partial charge in [-0.25, -0.2) is 4.98 Å². The van der Waals surface area contributed by atoms with E-state index < -0.39 is 12.6 Å². The number of aryl methyl sites for hydroxylation is 1. The first-order valence-corrected chi connectivity index (χ1v) is 12.6. The second-order valence-electron chi connectivity index (χ2n) is 10.0. The van der Waals surface area contributed by atoms with Crippen molar-refractivity contribution in [1.82, 2.24) is 14.7 Å². The zero-order chi connectivity index (χ0) is 27.8. The van der Waals surface area contributed by atoms with E-state index >= 15 is 0 Å². The average Bonchev–Trinajstić information content (AvgIpc) is 3.44. The maximum Gasteiger partial charge on any atom is 0.390 e. The molecule has 0 aliphatic heterocycles. The summed E-state index contributed by atoms with van der Waals surface area (Å²) in [6, 6.07) is 14.2. The first-order chi connectivity index (χ1) is 18.5. The number of anilines is 1. The summed E-state index contributed by atoms with van der Waals surface area (Å²) in [4.78, 5) is 17.3. The van der Waals surface area contributed by atoms with Gasteiger partial charge in [-0.2, -0.15) is 13.2 Å². The second-order valence-corrected chi connectivity index (χ2v) is 10.0. The van der Waals surface area contributed by atoms with Crippen molar-refractivity contribution in [2.75, 3.05) is 19.0 Å². The van der Waals surface area contributed by atoms with Crippen LogP contribution in [-0.2, 0) is 0 Å². The first kappa shape index (κ1) is 26.4. The van der Waals surface area contributed by atoms with Gasteiger partial charge < -0.3 is 20.1 Å². The van der Waals surface area contributed by atoms with E-state index in [1.54, 1.807) is 60.3 Å². The zero-order valence-corrected chi connectivity index (χ0v) is 21.9. The summed E-state index contributed by atoms with van der Waals surface area (Å²) in [5, 5.41) is 5.94. The molecule has 39 heavy (non-hydrogen) atoms. The molecule has 204 valence electrons. The lowest BCUT2D eigenvalue weighted by molar-refractivity contribution is -0.131. The van der Waals surface area contributed by atoms with Crippen molar-refractivity contribution in [3.05, 3.63) is 72.1 Å². The van der Waals surface area contributed by atoms with Gasteiger partial charge in [-0.05, 0) is 56.5 Å². The average molecular weight is 539 g/mol. The molecule has 1 saturated carbocycles. The van der Waals surface area contributed by atoms with Crippen molar-refractivity contribution in [2.45, 2.75) is 44.8 Å². The highest BCUT2D eigenvalue weighted by Gasteiger charge is 2.39. The third-order valence-corrected chi connectivity index (χ3v) is 6.76. The number of hydrogen-bond acceptors (Lipinski definition) is 5. The molecule has 4 aromatic rings. The number of alkyl halides is 3. The van der Waals surface area contributed by atoms with Crippen LogP contribution in [0.25, 0.3) is 16.9 Å². The van der Waals surface area contributed by atoms with E-state index in [1.807, 2.05) is 26.0 Å². The highest BCUT2D eigenvalue weighted by atomic mass is 19.4. The molecule has 2 heterocycles. The number of fused-ring (bicyclic) bond motifs is 1. The van der Waals surface area contributed by atoms with Crippen molar-refractivity contribution < 1.29 is 27.4 Å². The Morgan fingerprint density at radius 2 is 1.87 bits per heavy atom. The maximum absolute atomic E-state index is 12.8. The van der Waals surface area contributed by atoms with Crippen LogP contribution >= 0.6 is 0 Å². The number of carbonyl (C=O) groups is 1. The molecule has 1 fully saturated rings. The summed E-state index contributed by atoms with van der Waals surface area (Å²) >= 11 is 0. The summed E-state index contributed by atoms with van der Waals surface area (Å²) in [5.74, 6) is 1.40. The Morgan fingerprint density at radius 1 is 1.10 bits per heavy atom. The molecule has 5 rings (SSSR count). The van der Waals surface area contributed by atoms with E-state index in [-0.39, 0.29) is 18.0 Å². The molecular formula is C29H29F3N4O3. The summed E-state index contributed by atoms with van der Waals surface area (Å²) in [5.41, 5.74) is 3.62. The van der Waals surface area contributed by atoms with Crippen LogP contribution < -0.4 is 20.1 Å². The third kappa shape index (κ3) is 6.10. The van der Waals surface area contributed by atoms with Gasteiger partial charge in [0.15, 0.2) is 5.65 Å². The Balaban J connectivity index is 1.50. The summed E-state index contributed by atoms with van der Waals surface area (Å²) in [6.45, 7) is 3.59. The molecule has 0 atom stereocenters. The number of pyridine rings is 1. The lowest BCUT2D eigenvalue weighted by Gasteiger charge is -2.15. The predicted octanol–water partition coefficient (Wildman–Crippen LogP) is 6.76. The monoisotopic (exact) mass is 538 g/mol. The molecular weight excluding hydrogens is 509 g/mol. The molecule has 2 N–H and O–H groups in total. The number of benzene rings is 2. The molecule has 0 bridgehead atoms. The van der Waals surface area contributed by atoms with Crippen LogP contribution in [0, 0.1) is 6.92 Å². The summed E-state index contributed by atoms with van der Waals surface area (Å²) in [7, 11) is 1.55. The van der Waals surface area contributed by atoms with E-state index in [0.29, 0.717) is 39.8 Å². The van der Waals surface area contributed by atoms with Crippen LogP contribution in [-0.4, -0.2) is 40.7 Å². The Kier molecular flexibility index (Phi) is 6.88. The predicted molar refractivity (Wildman–Crippen MR) is 143 cm³/mol. The van der Waals surface area contributed by atoms with Crippen LogP contribution in [0.5, 0.6) is 17.2 Å². The molecule has 2 aromatic carbocycles. The fraction of sp³-hybridized carbons (Fsp3) is 0.310. The van der Waals surface area contributed by atoms with E-state index in [9.17, 15) is 18.0 Å². The van der Waals surface area contributed by atoms with Crippen molar-refractivity contribution in [2.24, 2.45) is 0 Å². The maximum atomic E-state index is 12.8. The number of methoxy groups -OCH3 is 1. The minimum Gasteiger partial charge on any atom is -0.497 e. The number of hydrogen-bond donors (Lipinski definition) is 2. The van der Waals surface area contributed by atoms with Crippen LogP contribution in [0.4, 0.5) is 18.9 Å². The molecule has 2 aromatic heterocycles. The van der Waals surface area contributed by atoms with Crippen molar-refractivity contribution in [3.8, 4) is 28.5 Å². The smallest absolute Gasteiger partial charge is 0.390 e. The van der Waals surface area contributed by atoms with Gasteiger partial charge in [-0.3, -0.25) is 9.20 Å². The minimum absolute atomic E-state index is 0.109. The van der Waals surface area contributed by atoms with E-state index in [1.165, 1.54) is 0 Å². The Bertz CT molecular complexity index is 1530. The highest BCUT2D eigenvalue weighted by Crippen LogP contribution is 2.35. The Labute approximate surface area is 224 Å². The van der Waals surface area contributed by atoms with Gasteiger partial charge in [0.05, 0.1) is 37.3 Å². The molecule has 1 aliphatic carbocycles. The van der Waals surface area contributed by atoms with Gasteiger partial charge in [0.1, 0.15) is 17.2 Å². The van der Waals surface area contributed by atoms with Crippen LogP contribution in [0.3, 0.4) is 0 Å². The normalized spacial score (nSPS) is 14.2. The summed E-state index contributed by atoms with van der Waals surface area (Å²) in [6.07, 6.45) is 0.0419. The van der Waals surface area contributed by atoms with Gasteiger partial charge in [0.2, 0.25) is 0 Å². The fourth-order valence-electron chi connectivity index (χ4n) is 4.33. The zero-order valence-electron chi connectivity index (χ0n) is 21.9. The quantitative estimate of drug-likeness (QED) is 0.246. The van der Waals surface area contributed by atoms with Crippen molar-refractivity contribution in [1.29, 1.82) is 0 Å². The van der Waals surface area contributed by atoms with E-state index in [2.05, 4.69) is 15.6 Å². The molecule has 0 saturated heterocycles. The molecule has 7 nitrogen and oxygen atoms in total. The first-order valence-electron chi connectivity index (χ1n) is 12.6. The number of imidazole rings is 1. The number of nitrogens with one attached hydrogen (secondary N) is 2. The molecule has 0 unspecified atom stereocenters. The number of rotatable bonds is 9. The minimum atomic E-state index is -4.29. The number of carbonyl (C=O) groups excluding carboxylic acids is 1. The topological polar surface area (TPSA) is 76.9 Å². The molecule has 1 amide bonds. The standard InChI is InChI=1S/C29H29F3N4O3/c1-18-13-19(7-8-23(18)27(37)35-28(2)9-10-28)25-16-34-26-24(33-12-11-29(30,31)32)15-22(17-36(25)26)39-21-6-4-5-20(14-21)38-3/h4-8,13-17,33H,9-12H2,1-3H3,(H,35,37). The summed E-state index contributed by atoms with van der Waals surface area (Å²) < 4.78 is 51.6. The number of nitrogens with zero attached hydrogens (tertiary/aromatic N) is 2. The number of amides is 1. The van der Waals surface area contributed by atoms with Gasteiger partial charge in [0.25, 0.3) is 5.91 Å². The third-order valence-electron chi connectivity index (χ3n) is 6.76. The van der Waals surface area contributed by atoms with Crippen LogP contribution in [0.15, 0.2) is 60.9 Å². The second kappa shape index (κ2) is 10.2. The lowest BCUT2D eigenvalue weighted by Crippen LogP contribution is -2.34. The number of ether oxygens (including phenoxy) is 2.